The maximum Gasteiger partial charge on any atom is 0.262 e. The summed E-state index contributed by atoms with van der Waals surface area (Å²) in [5.74, 6) is 1.79. The number of aromatic nitrogens is 1. The number of hydrogen-bond donors (Lipinski definition) is 0. The molecule has 0 aliphatic carbocycles. The number of benzene rings is 2. The zero-order valence-corrected chi connectivity index (χ0v) is 19.0. The summed E-state index contributed by atoms with van der Waals surface area (Å²) in [5.41, 5.74) is 2.43. The van der Waals surface area contributed by atoms with E-state index in [0.717, 1.165) is 30.4 Å². The maximum absolute atomic E-state index is 5.96. The van der Waals surface area contributed by atoms with Crippen molar-refractivity contribution in [2.45, 2.75) is 20.4 Å². The number of fused-ring (bicyclic) bond motifs is 2. The van der Waals surface area contributed by atoms with Crippen LogP contribution in [-0.4, -0.2) is 6.54 Å². The predicted molar refractivity (Wildman–Crippen MR) is 114 cm³/mol. The van der Waals surface area contributed by atoms with Crippen molar-refractivity contribution >= 4 is 33.3 Å². The fourth-order valence-electron chi connectivity index (χ4n) is 3.35. The number of allylic oxidation sites excluding steroid dienone is 4. The number of ether oxygens (including phenoxy) is 1. The summed E-state index contributed by atoms with van der Waals surface area (Å²) in [7, 11) is 0. The van der Waals surface area contributed by atoms with Crippen LogP contribution in [0, 0.1) is 0 Å². The first-order valence-corrected chi connectivity index (χ1v) is 10.1. The summed E-state index contributed by atoms with van der Waals surface area (Å²) < 4.78 is 9.63. The molecule has 0 amide bonds. The van der Waals surface area contributed by atoms with E-state index < -0.39 is 0 Å². The van der Waals surface area contributed by atoms with Gasteiger partial charge >= 0.3 is 0 Å². The summed E-state index contributed by atoms with van der Waals surface area (Å²) in [5, 5.41) is 1.26. The van der Waals surface area contributed by atoms with E-state index in [-0.39, 0.29) is 24.0 Å². The van der Waals surface area contributed by atoms with Gasteiger partial charge in [0, 0.05) is 18.7 Å². The molecule has 4 rings (SSSR count). The Morgan fingerprint density at radius 2 is 1.79 bits per heavy atom. The zero-order valence-electron chi connectivity index (χ0n) is 16.0. The molecule has 5 heteroatoms. The van der Waals surface area contributed by atoms with Crippen molar-refractivity contribution < 1.29 is 33.3 Å². The monoisotopic (exact) mass is 502 g/mol. The van der Waals surface area contributed by atoms with Crippen LogP contribution in [0.25, 0.3) is 16.3 Å². The molecular weight excluding hydrogens is 479 g/mol. The van der Waals surface area contributed by atoms with Crippen molar-refractivity contribution in [2.75, 3.05) is 11.4 Å². The third-order valence-electron chi connectivity index (χ3n) is 4.61. The van der Waals surface area contributed by atoms with Crippen LogP contribution in [0.2, 0.25) is 0 Å². The first-order valence-electron chi connectivity index (χ1n) is 9.32. The topological polar surface area (TPSA) is 16.4 Å². The van der Waals surface area contributed by atoms with Gasteiger partial charge in [0.15, 0.2) is 5.75 Å². The Morgan fingerprint density at radius 3 is 2.61 bits per heavy atom. The highest BCUT2D eigenvalue weighted by molar-refractivity contribution is 7.18. The SMILES string of the molecule is CCN1C(=CC=CC=Cc2sc3ccccc3[n+]2CC)Oc2ccccc21.[I-]. The average molecular weight is 502 g/mol. The van der Waals surface area contributed by atoms with E-state index in [1.165, 1.54) is 15.2 Å². The van der Waals surface area contributed by atoms with E-state index in [9.17, 15) is 0 Å². The second-order valence-corrected chi connectivity index (χ2v) is 7.28. The van der Waals surface area contributed by atoms with Crippen LogP contribution in [0.4, 0.5) is 5.69 Å². The van der Waals surface area contributed by atoms with Gasteiger partial charge in [0.05, 0.1) is 5.69 Å². The minimum Gasteiger partial charge on any atom is -1.00 e. The molecule has 0 spiro atoms. The third-order valence-corrected chi connectivity index (χ3v) is 5.74. The average Bonchev–Trinajstić information content (AvgIpc) is 3.24. The van der Waals surface area contributed by atoms with E-state index in [2.05, 4.69) is 71.9 Å². The van der Waals surface area contributed by atoms with Crippen molar-refractivity contribution in [3.8, 4) is 5.75 Å². The molecule has 2 heterocycles. The summed E-state index contributed by atoms with van der Waals surface area (Å²) in [6.45, 7) is 6.17. The Bertz CT molecular complexity index is 1050. The standard InChI is InChI=1S/C23H23N2OS.HI/c1-3-24-18-12-8-10-14-20(18)26-22(24)16-6-5-7-17-23-25(4-2)19-13-9-11-15-21(19)27-23;/h5-17H,3-4H2,1-2H3;1H/q+1;/p-1. The van der Waals surface area contributed by atoms with Crippen LogP contribution in [0.5, 0.6) is 5.75 Å². The molecule has 0 N–H and O–H groups in total. The second kappa shape index (κ2) is 9.39. The first kappa shape index (κ1) is 20.6. The Labute approximate surface area is 187 Å². The lowest BCUT2D eigenvalue weighted by molar-refractivity contribution is -0.665. The Morgan fingerprint density at radius 1 is 1.00 bits per heavy atom. The highest BCUT2D eigenvalue weighted by Crippen LogP contribution is 2.38. The number of para-hydroxylation sites is 3. The van der Waals surface area contributed by atoms with E-state index in [1.54, 1.807) is 0 Å². The van der Waals surface area contributed by atoms with Crippen LogP contribution in [-0.2, 0) is 6.54 Å². The number of nitrogens with zero attached hydrogens (tertiary/aromatic N) is 2. The number of hydrogen-bond acceptors (Lipinski definition) is 3. The van der Waals surface area contributed by atoms with Crippen molar-refractivity contribution in [3.05, 3.63) is 83.7 Å². The smallest absolute Gasteiger partial charge is 0.262 e. The van der Waals surface area contributed by atoms with Gasteiger partial charge < -0.3 is 33.6 Å². The van der Waals surface area contributed by atoms with Gasteiger partial charge in [-0.05, 0) is 38.1 Å². The van der Waals surface area contributed by atoms with Gasteiger partial charge in [-0.15, -0.1) is 0 Å². The van der Waals surface area contributed by atoms with E-state index in [0.29, 0.717) is 0 Å². The number of anilines is 1. The lowest BCUT2D eigenvalue weighted by Crippen LogP contribution is -3.00. The minimum atomic E-state index is 0. The summed E-state index contributed by atoms with van der Waals surface area (Å²) in [4.78, 5) is 2.18. The molecule has 2 aromatic carbocycles. The molecule has 0 saturated heterocycles. The molecule has 0 atom stereocenters. The van der Waals surface area contributed by atoms with Gasteiger partial charge in [-0.25, -0.2) is 0 Å². The third kappa shape index (κ3) is 4.00. The van der Waals surface area contributed by atoms with E-state index in [4.69, 9.17) is 4.74 Å². The van der Waals surface area contributed by atoms with Crippen LogP contribution in [0.3, 0.4) is 0 Å². The van der Waals surface area contributed by atoms with Crippen molar-refractivity contribution in [1.82, 2.24) is 0 Å². The van der Waals surface area contributed by atoms with Crippen LogP contribution in [0.1, 0.15) is 18.9 Å². The molecule has 0 radical (unpaired) electrons. The Hall–Kier alpha value is -2.12. The fourth-order valence-corrected chi connectivity index (χ4v) is 4.49. The Balaban J connectivity index is 0.00000225. The molecule has 0 unspecified atom stereocenters. The zero-order chi connectivity index (χ0) is 18.6. The lowest BCUT2D eigenvalue weighted by atomic mass is 10.3. The van der Waals surface area contributed by atoms with Gasteiger partial charge in [0.1, 0.15) is 11.2 Å². The highest BCUT2D eigenvalue weighted by Gasteiger charge is 2.23. The van der Waals surface area contributed by atoms with Crippen LogP contribution >= 0.6 is 11.3 Å². The van der Waals surface area contributed by atoms with Gasteiger partial charge in [0.25, 0.3) is 5.01 Å². The van der Waals surface area contributed by atoms with Crippen molar-refractivity contribution in [1.29, 1.82) is 0 Å². The van der Waals surface area contributed by atoms with Crippen molar-refractivity contribution in [2.24, 2.45) is 0 Å². The Kier molecular flexibility index (Phi) is 6.91. The summed E-state index contributed by atoms with van der Waals surface area (Å²) >= 11 is 1.82. The molecular formula is C23H23IN2OS. The molecule has 0 bridgehead atoms. The quantitative estimate of drug-likeness (QED) is 0.303. The van der Waals surface area contributed by atoms with Gasteiger partial charge in [-0.2, -0.15) is 4.57 Å². The lowest BCUT2D eigenvalue weighted by Gasteiger charge is -2.14. The van der Waals surface area contributed by atoms with Crippen molar-refractivity contribution in [3.63, 3.8) is 0 Å². The summed E-state index contributed by atoms with van der Waals surface area (Å²) in [6.07, 6.45) is 10.4. The maximum atomic E-state index is 5.96. The van der Waals surface area contributed by atoms with Crippen LogP contribution < -0.4 is 38.2 Å². The first-order chi connectivity index (χ1) is 13.3. The molecule has 28 heavy (non-hydrogen) atoms. The molecule has 1 aliphatic rings. The molecule has 1 aliphatic heterocycles. The molecule has 0 saturated carbocycles. The van der Waals surface area contributed by atoms with E-state index in [1.807, 2.05) is 41.7 Å². The number of rotatable bonds is 5. The van der Waals surface area contributed by atoms with Gasteiger partial charge in [-0.1, -0.05) is 53.8 Å². The highest BCUT2D eigenvalue weighted by atomic mass is 127. The van der Waals surface area contributed by atoms with Gasteiger partial charge in [0.2, 0.25) is 11.4 Å². The molecule has 3 aromatic rings. The minimum absolute atomic E-state index is 0. The molecule has 1 aromatic heterocycles. The summed E-state index contributed by atoms with van der Waals surface area (Å²) in [6, 6.07) is 16.7. The molecule has 144 valence electrons. The normalized spacial score (nSPS) is 14.8. The molecule has 0 fully saturated rings. The predicted octanol–water partition coefficient (Wildman–Crippen LogP) is 2.54. The van der Waals surface area contributed by atoms with Crippen LogP contribution in [0.15, 0.2) is 78.7 Å². The fraction of sp³-hybridized carbons (Fsp3) is 0.174. The molecule has 3 nitrogen and oxygen atoms in total. The van der Waals surface area contributed by atoms with Gasteiger partial charge in [-0.3, -0.25) is 0 Å². The van der Waals surface area contributed by atoms with E-state index >= 15 is 0 Å². The number of thiazole rings is 1. The largest absolute Gasteiger partial charge is 1.00 e. The second-order valence-electron chi connectivity index (χ2n) is 6.22. The number of aryl methyl sites for hydroxylation is 1. The number of halogens is 1.